The van der Waals surface area contributed by atoms with Crippen molar-refractivity contribution in [2.24, 2.45) is 4.99 Å². The maximum Gasteiger partial charge on any atom is 0.251 e. The van der Waals surface area contributed by atoms with E-state index in [1.165, 1.54) is 14.1 Å². The van der Waals surface area contributed by atoms with Gasteiger partial charge in [0.2, 0.25) is 5.82 Å². The molecule has 0 fully saturated rings. The van der Waals surface area contributed by atoms with E-state index in [-0.39, 0.29) is 0 Å². The van der Waals surface area contributed by atoms with Crippen LogP contribution in [0.1, 0.15) is 11.7 Å². The lowest BCUT2D eigenvalue weighted by molar-refractivity contribution is -0.131. The maximum absolute atomic E-state index is 13.7. The Kier molecular flexibility index (Phi) is 3.84. The highest BCUT2D eigenvalue weighted by molar-refractivity contribution is 5.84. The van der Waals surface area contributed by atoms with Gasteiger partial charge in [-0.3, -0.25) is 4.79 Å². The predicted octanol–water partition coefficient (Wildman–Crippen LogP) is 1.94. The van der Waals surface area contributed by atoms with Gasteiger partial charge in [-0.2, -0.15) is 0 Å². The molecule has 0 N–H and O–H groups in total. The summed E-state index contributed by atoms with van der Waals surface area (Å²) in [6, 6.07) is -1.42. The molecule has 1 aliphatic rings. The molecular formula is C12H9F5N2O2. The number of carbonyl (C=O) groups excluding carboxylic acids is 1. The van der Waals surface area contributed by atoms with Crippen LogP contribution in [0.25, 0.3) is 0 Å². The summed E-state index contributed by atoms with van der Waals surface area (Å²) in [5.41, 5.74) is -1.22. The summed E-state index contributed by atoms with van der Waals surface area (Å²) in [4.78, 5) is 16.4. The van der Waals surface area contributed by atoms with Gasteiger partial charge in [-0.05, 0) is 0 Å². The molecule has 0 unspecified atom stereocenters. The standard InChI is InChI=1S/C12H9F5N2O2/c1-19(2)12(20)10-11(21-3-18-10)4-5(13)7(15)9(17)8(16)6(4)14/h3,10-11H,1-2H3/t10-,11+/m0/s1. The molecule has 21 heavy (non-hydrogen) atoms. The monoisotopic (exact) mass is 308 g/mol. The number of likely N-dealkylation sites (N-methyl/N-ethyl adjacent to an activating group) is 1. The average molecular weight is 308 g/mol. The minimum Gasteiger partial charge on any atom is -0.473 e. The summed E-state index contributed by atoms with van der Waals surface area (Å²) < 4.78 is 71.6. The topological polar surface area (TPSA) is 41.9 Å². The third-order valence-electron chi connectivity index (χ3n) is 2.94. The Bertz CT molecular complexity index is 604. The van der Waals surface area contributed by atoms with Crippen molar-refractivity contribution in [3.05, 3.63) is 34.6 Å². The van der Waals surface area contributed by atoms with E-state index in [2.05, 4.69) is 4.99 Å². The highest BCUT2D eigenvalue weighted by atomic mass is 19.2. The van der Waals surface area contributed by atoms with Crippen molar-refractivity contribution >= 4 is 12.3 Å². The summed E-state index contributed by atoms with van der Waals surface area (Å²) in [6.45, 7) is 0. The summed E-state index contributed by atoms with van der Waals surface area (Å²) >= 11 is 0. The van der Waals surface area contributed by atoms with Crippen LogP contribution in [0.2, 0.25) is 0 Å². The number of halogens is 5. The Morgan fingerprint density at radius 3 is 2.00 bits per heavy atom. The maximum atomic E-state index is 13.7. The first-order valence-corrected chi connectivity index (χ1v) is 5.67. The van der Waals surface area contributed by atoms with E-state index in [0.29, 0.717) is 0 Å². The third-order valence-corrected chi connectivity index (χ3v) is 2.94. The molecule has 0 saturated heterocycles. The summed E-state index contributed by atoms with van der Waals surface area (Å²) in [5.74, 6) is -11.3. The van der Waals surface area contributed by atoms with Crippen molar-refractivity contribution in [3.8, 4) is 0 Å². The number of amides is 1. The van der Waals surface area contributed by atoms with Gasteiger partial charge >= 0.3 is 0 Å². The summed E-state index contributed by atoms with van der Waals surface area (Å²) in [5, 5.41) is 0. The van der Waals surface area contributed by atoms with Crippen LogP contribution >= 0.6 is 0 Å². The first-order chi connectivity index (χ1) is 9.77. The van der Waals surface area contributed by atoms with Crippen LogP contribution in [0.15, 0.2) is 4.99 Å². The van der Waals surface area contributed by atoms with E-state index < -0.39 is 52.7 Å². The van der Waals surface area contributed by atoms with Gasteiger partial charge < -0.3 is 9.64 Å². The van der Waals surface area contributed by atoms with Crippen molar-refractivity contribution in [3.63, 3.8) is 0 Å². The third kappa shape index (κ3) is 2.32. The zero-order chi connectivity index (χ0) is 15.9. The van der Waals surface area contributed by atoms with Gasteiger partial charge in [-0.15, -0.1) is 0 Å². The van der Waals surface area contributed by atoms with Crippen LogP contribution < -0.4 is 0 Å². The van der Waals surface area contributed by atoms with Crippen LogP contribution in [0.3, 0.4) is 0 Å². The van der Waals surface area contributed by atoms with Crippen molar-refractivity contribution in [2.45, 2.75) is 12.1 Å². The number of aliphatic imine (C=N–C) groups is 1. The molecule has 0 spiro atoms. The molecule has 0 saturated carbocycles. The number of hydrogen-bond acceptors (Lipinski definition) is 3. The van der Waals surface area contributed by atoms with Gasteiger partial charge in [0.15, 0.2) is 41.8 Å². The molecule has 9 heteroatoms. The highest BCUT2D eigenvalue weighted by Gasteiger charge is 2.41. The van der Waals surface area contributed by atoms with Gasteiger partial charge in [-0.1, -0.05) is 0 Å². The largest absolute Gasteiger partial charge is 0.473 e. The molecule has 0 aromatic heterocycles. The van der Waals surface area contributed by atoms with Gasteiger partial charge in [0.05, 0.1) is 5.56 Å². The molecular weight excluding hydrogens is 299 g/mol. The van der Waals surface area contributed by atoms with Gasteiger partial charge in [0, 0.05) is 14.1 Å². The molecule has 4 nitrogen and oxygen atoms in total. The normalized spacial score (nSPS) is 20.5. The van der Waals surface area contributed by atoms with E-state index in [9.17, 15) is 26.7 Å². The zero-order valence-electron chi connectivity index (χ0n) is 10.8. The van der Waals surface area contributed by atoms with Gasteiger partial charge in [0.25, 0.3) is 5.91 Å². The van der Waals surface area contributed by atoms with E-state index in [0.717, 1.165) is 11.3 Å². The Labute approximate surface area is 115 Å². The van der Waals surface area contributed by atoms with Crippen molar-refractivity contribution in [1.82, 2.24) is 4.90 Å². The molecule has 0 bridgehead atoms. The van der Waals surface area contributed by atoms with Crippen LogP contribution in [0, 0.1) is 29.1 Å². The minimum atomic E-state index is -2.27. The number of rotatable bonds is 2. The fourth-order valence-corrected chi connectivity index (χ4v) is 1.87. The Hall–Kier alpha value is -2.19. The molecule has 1 aromatic rings. The zero-order valence-corrected chi connectivity index (χ0v) is 10.8. The van der Waals surface area contributed by atoms with E-state index in [1.54, 1.807) is 0 Å². The summed E-state index contributed by atoms with van der Waals surface area (Å²) in [6.07, 6.45) is -0.973. The quantitative estimate of drug-likeness (QED) is 0.476. The number of benzene rings is 1. The molecule has 1 amide bonds. The predicted molar refractivity (Wildman–Crippen MR) is 61.0 cm³/mol. The van der Waals surface area contributed by atoms with Crippen molar-refractivity contribution in [1.29, 1.82) is 0 Å². The first-order valence-electron chi connectivity index (χ1n) is 5.67. The smallest absolute Gasteiger partial charge is 0.251 e. The number of carbonyl (C=O) groups is 1. The molecule has 1 aliphatic heterocycles. The fraction of sp³-hybridized carbons (Fsp3) is 0.333. The molecule has 2 rings (SSSR count). The lowest BCUT2D eigenvalue weighted by atomic mass is 10.00. The van der Waals surface area contributed by atoms with Crippen molar-refractivity contribution < 1.29 is 31.5 Å². The Balaban J connectivity index is 2.55. The van der Waals surface area contributed by atoms with Gasteiger partial charge in [0.1, 0.15) is 0 Å². The SMILES string of the molecule is CN(C)C(=O)[C@H]1N=CO[C@@H]1c1c(F)c(F)c(F)c(F)c1F. The minimum absolute atomic E-state index is 0.697. The van der Waals surface area contributed by atoms with E-state index >= 15 is 0 Å². The Morgan fingerprint density at radius 1 is 1.05 bits per heavy atom. The summed E-state index contributed by atoms with van der Waals surface area (Å²) in [7, 11) is 2.71. The van der Waals surface area contributed by atoms with E-state index in [4.69, 9.17) is 4.74 Å². The molecule has 1 heterocycles. The van der Waals surface area contributed by atoms with Crippen LogP contribution in [-0.4, -0.2) is 37.3 Å². The van der Waals surface area contributed by atoms with Crippen LogP contribution in [0.5, 0.6) is 0 Å². The molecule has 0 radical (unpaired) electrons. The average Bonchev–Trinajstić information content (AvgIpc) is 2.91. The van der Waals surface area contributed by atoms with Crippen LogP contribution in [0.4, 0.5) is 22.0 Å². The fourth-order valence-electron chi connectivity index (χ4n) is 1.87. The lowest BCUT2D eigenvalue weighted by Gasteiger charge is -2.21. The molecule has 1 aromatic carbocycles. The van der Waals surface area contributed by atoms with E-state index in [1.807, 2.05) is 0 Å². The van der Waals surface area contributed by atoms with Crippen molar-refractivity contribution in [2.75, 3.05) is 14.1 Å². The molecule has 114 valence electrons. The highest BCUT2D eigenvalue weighted by Crippen LogP contribution is 2.34. The lowest BCUT2D eigenvalue weighted by Crippen LogP contribution is -2.36. The second-order valence-electron chi connectivity index (χ2n) is 4.47. The number of nitrogens with zero attached hydrogens (tertiary/aromatic N) is 2. The number of hydrogen-bond donors (Lipinski definition) is 0. The second kappa shape index (κ2) is 5.30. The Morgan fingerprint density at radius 2 is 1.52 bits per heavy atom. The molecule has 2 atom stereocenters. The van der Waals surface area contributed by atoms with Gasteiger partial charge in [-0.25, -0.2) is 26.9 Å². The van der Waals surface area contributed by atoms with Crippen LogP contribution in [-0.2, 0) is 9.53 Å². The first kappa shape index (κ1) is 15.2. The number of ether oxygens (including phenoxy) is 1. The second-order valence-corrected chi connectivity index (χ2v) is 4.47. The molecule has 0 aliphatic carbocycles.